The number of thiazole rings is 1. The van der Waals surface area contributed by atoms with Gasteiger partial charge in [0, 0.05) is 16.6 Å². The number of nitrogens with one attached hydrogen (secondary N) is 1. The molecular weight excluding hydrogens is 410 g/mol. The largest absolute Gasteiger partial charge is 0.462 e. The third kappa shape index (κ3) is 5.30. The van der Waals surface area contributed by atoms with Crippen molar-refractivity contribution in [3.05, 3.63) is 47.0 Å². The Bertz CT molecular complexity index is 1020. The summed E-state index contributed by atoms with van der Waals surface area (Å²) in [7, 11) is 0. The molecule has 0 spiro atoms. The van der Waals surface area contributed by atoms with E-state index >= 15 is 0 Å². The van der Waals surface area contributed by atoms with Gasteiger partial charge in [0.2, 0.25) is 5.91 Å². The molecule has 0 saturated heterocycles. The first-order valence-corrected chi connectivity index (χ1v) is 10.5. The molecule has 2 aromatic heterocycles. The lowest BCUT2D eigenvalue weighted by Gasteiger charge is -2.06. The van der Waals surface area contributed by atoms with Crippen molar-refractivity contribution in [3.8, 4) is 11.3 Å². The van der Waals surface area contributed by atoms with Gasteiger partial charge in [-0.3, -0.25) is 4.79 Å². The van der Waals surface area contributed by atoms with Crippen LogP contribution in [-0.4, -0.2) is 39.2 Å². The first kappa shape index (κ1) is 20.7. The van der Waals surface area contributed by atoms with Crippen LogP contribution in [0, 0.1) is 6.92 Å². The number of anilines is 2. The number of carbonyl (C=O) groups excluding carboxylic acids is 2. The van der Waals surface area contributed by atoms with Gasteiger partial charge in [0.1, 0.15) is 11.4 Å². The molecular formula is C19H19N5O3S2. The van der Waals surface area contributed by atoms with Crippen molar-refractivity contribution in [1.82, 2.24) is 15.0 Å². The van der Waals surface area contributed by atoms with Gasteiger partial charge in [0.15, 0.2) is 10.3 Å². The lowest BCUT2D eigenvalue weighted by atomic mass is 10.1. The normalized spacial score (nSPS) is 10.6. The zero-order valence-electron chi connectivity index (χ0n) is 15.8. The van der Waals surface area contributed by atoms with Gasteiger partial charge in [-0.15, -0.1) is 11.3 Å². The molecule has 0 aliphatic heterocycles. The zero-order valence-corrected chi connectivity index (χ0v) is 17.5. The Morgan fingerprint density at radius 3 is 2.69 bits per heavy atom. The maximum atomic E-state index is 12.3. The van der Waals surface area contributed by atoms with Crippen LogP contribution in [0.25, 0.3) is 11.3 Å². The second-order valence-corrected chi connectivity index (χ2v) is 7.94. The van der Waals surface area contributed by atoms with Crippen LogP contribution in [0.5, 0.6) is 0 Å². The van der Waals surface area contributed by atoms with Gasteiger partial charge in [-0.05, 0) is 13.8 Å². The lowest BCUT2D eigenvalue weighted by molar-refractivity contribution is -0.113. The Labute approximate surface area is 175 Å². The van der Waals surface area contributed by atoms with Crippen LogP contribution in [0.2, 0.25) is 0 Å². The van der Waals surface area contributed by atoms with E-state index in [1.54, 1.807) is 6.92 Å². The molecule has 0 atom stereocenters. The van der Waals surface area contributed by atoms with Crippen molar-refractivity contribution in [2.75, 3.05) is 23.4 Å². The van der Waals surface area contributed by atoms with Crippen LogP contribution < -0.4 is 11.1 Å². The minimum atomic E-state index is -0.576. The summed E-state index contributed by atoms with van der Waals surface area (Å²) in [4.78, 5) is 37.6. The van der Waals surface area contributed by atoms with E-state index < -0.39 is 5.97 Å². The van der Waals surface area contributed by atoms with Crippen molar-refractivity contribution in [2.45, 2.75) is 19.0 Å². The molecule has 1 aromatic carbocycles. The average Bonchev–Trinajstić information content (AvgIpc) is 3.07. The molecule has 0 radical (unpaired) electrons. The number of nitrogens with zero attached hydrogens (tertiary/aromatic N) is 3. The van der Waals surface area contributed by atoms with Crippen molar-refractivity contribution < 1.29 is 14.3 Å². The number of hydrogen-bond acceptors (Lipinski definition) is 9. The minimum absolute atomic E-state index is 0.0180. The molecule has 0 aliphatic carbocycles. The summed E-state index contributed by atoms with van der Waals surface area (Å²) in [5.74, 6) is -0.714. The highest BCUT2D eigenvalue weighted by Gasteiger charge is 2.15. The van der Waals surface area contributed by atoms with E-state index in [1.807, 2.05) is 37.3 Å². The highest BCUT2D eigenvalue weighted by molar-refractivity contribution is 7.99. The van der Waals surface area contributed by atoms with E-state index in [0.717, 1.165) is 27.9 Å². The van der Waals surface area contributed by atoms with Gasteiger partial charge in [-0.2, -0.15) is 0 Å². The fourth-order valence-electron chi connectivity index (χ4n) is 2.41. The number of ether oxygens (including phenoxy) is 1. The van der Waals surface area contributed by atoms with E-state index in [-0.39, 0.29) is 29.6 Å². The van der Waals surface area contributed by atoms with Crippen LogP contribution in [-0.2, 0) is 9.53 Å². The van der Waals surface area contributed by atoms with Crippen molar-refractivity contribution in [3.63, 3.8) is 0 Å². The van der Waals surface area contributed by atoms with E-state index in [9.17, 15) is 9.59 Å². The van der Waals surface area contributed by atoms with E-state index in [2.05, 4.69) is 20.3 Å². The van der Waals surface area contributed by atoms with Gasteiger partial charge in [0.25, 0.3) is 0 Å². The molecule has 10 heteroatoms. The maximum Gasteiger partial charge on any atom is 0.343 e. The number of aryl methyl sites for hydroxylation is 1. The third-order valence-electron chi connectivity index (χ3n) is 3.71. The second-order valence-electron chi connectivity index (χ2n) is 5.80. The highest BCUT2D eigenvalue weighted by Crippen LogP contribution is 2.30. The number of amides is 1. The number of nitrogens with two attached hydrogens (primary N) is 1. The smallest absolute Gasteiger partial charge is 0.343 e. The molecule has 3 N–H and O–H groups in total. The Morgan fingerprint density at radius 2 is 2.00 bits per heavy atom. The van der Waals surface area contributed by atoms with Crippen LogP contribution in [0.3, 0.4) is 0 Å². The maximum absolute atomic E-state index is 12.3. The minimum Gasteiger partial charge on any atom is -0.462 e. The summed E-state index contributed by atoms with van der Waals surface area (Å²) in [6.07, 6.45) is 1.30. The summed E-state index contributed by atoms with van der Waals surface area (Å²) in [5, 5.41) is 3.62. The van der Waals surface area contributed by atoms with E-state index in [0.29, 0.717) is 10.3 Å². The number of aromatic nitrogens is 3. The summed E-state index contributed by atoms with van der Waals surface area (Å²) >= 11 is 2.53. The first-order valence-electron chi connectivity index (χ1n) is 8.73. The standard InChI is InChI=1S/C19H19N5O3S2/c1-3-27-17(26)13-9-21-18(24-16(13)20)28-10-14(25)22-19-23-15(11(2)29-19)12-7-5-4-6-8-12/h4-9H,3,10H2,1-2H3,(H2,20,21,24)(H,22,23,25). The van der Waals surface area contributed by atoms with E-state index in [1.165, 1.54) is 17.5 Å². The molecule has 150 valence electrons. The Morgan fingerprint density at radius 1 is 1.24 bits per heavy atom. The lowest BCUT2D eigenvalue weighted by Crippen LogP contribution is -2.15. The second kappa shape index (κ2) is 9.48. The summed E-state index contributed by atoms with van der Waals surface area (Å²) in [5.41, 5.74) is 7.74. The molecule has 3 rings (SSSR count). The number of carbonyl (C=O) groups is 2. The Kier molecular flexibility index (Phi) is 6.78. The first-order chi connectivity index (χ1) is 14.0. The van der Waals surface area contributed by atoms with Crippen LogP contribution in [0.15, 0.2) is 41.7 Å². The number of hydrogen-bond donors (Lipinski definition) is 2. The Balaban J connectivity index is 1.59. The summed E-state index contributed by atoms with van der Waals surface area (Å²) in [6.45, 7) is 3.90. The summed E-state index contributed by atoms with van der Waals surface area (Å²) < 4.78 is 4.88. The molecule has 0 bridgehead atoms. The SMILES string of the molecule is CCOC(=O)c1cnc(SCC(=O)Nc2nc(-c3ccccc3)c(C)s2)nc1N. The Hall–Kier alpha value is -2.98. The predicted octanol–water partition coefficient (Wildman–Crippen LogP) is 3.40. The number of nitrogen functional groups attached to an aromatic ring is 1. The van der Waals surface area contributed by atoms with Gasteiger partial charge >= 0.3 is 5.97 Å². The van der Waals surface area contributed by atoms with Crippen molar-refractivity contribution >= 4 is 45.9 Å². The van der Waals surface area contributed by atoms with E-state index in [4.69, 9.17) is 10.5 Å². The van der Waals surface area contributed by atoms with Crippen LogP contribution in [0.4, 0.5) is 10.9 Å². The number of esters is 1. The molecule has 0 aliphatic rings. The molecule has 3 aromatic rings. The zero-order chi connectivity index (χ0) is 20.8. The quantitative estimate of drug-likeness (QED) is 0.333. The van der Waals surface area contributed by atoms with Crippen molar-refractivity contribution in [1.29, 1.82) is 0 Å². The van der Waals surface area contributed by atoms with Gasteiger partial charge in [-0.25, -0.2) is 19.7 Å². The highest BCUT2D eigenvalue weighted by atomic mass is 32.2. The summed E-state index contributed by atoms with van der Waals surface area (Å²) in [6, 6.07) is 9.79. The monoisotopic (exact) mass is 429 g/mol. The average molecular weight is 430 g/mol. The molecule has 1 amide bonds. The number of thioether (sulfide) groups is 1. The van der Waals surface area contributed by atoms with Crippen molar-refractivity contribution in [2.24, 2.45) is 0 Å². The number of benzene rings is 1. The third-order valence-corrected chi connectivity index (χ3v) is 5.46. The van der Waals surface area contributed by atoms with Crippen LogP contribution in [0.1, 0.15) is 22.2 Å². The molecule has 29 heavy (non-hydrogen) atoms. The molecule has 8 nitrogen and oxygen atoms in total. The van der Waals surface area contributed by atoms with Gasteiger partial charge < -0.3 is 15.8 Å². The van der Waals surface area contributed by atoms with Gasteiger partial charge in [0.05, 0.1) is 18.1 Å². The topological polar surface area (TPSA) is 120 Å². The molecule has 2 heterocycles. The fourth-order valence-corrected chi connectivity index (χ4v) is 3.89. The fraction of sp³-hybridized carbons (Fsp3) is 0.211. The van der Waals surface area contributed by atoms with Gasteiger partial charge in [-0.1, -0.05) is 42.1 Å². The molecule has 0 saturated carbocycles. The molecule has 0 fully saturated rings. The van der Waals surface area contributed by atoms with Crippen LogP contribution >= 0.6 is 23.1 Å². The molecule has 0 unspecified atom stereocenters. The number of rotatable bonds is 7. The predicted molar refractivity (Wildman–Crippen MR) is 114 cm³/mol.